The predicted octanol–water partition coefficient (Wildman–Crippen LogP) is 13.2. The van der Waals surface area contributed by atoms with Crippen LogP contribution < -0.4 is 0 Å². The molecule has 0 fully saturated rings. The topological polar surface area (TPSA) is 6.48 Å². The number of hydrogen-bond acceptors (Lipinski definition) is 2. The van der Waals surface area contributed by atoms with E-state index in [2.05, 4.69) is 43.0 Å². The van der Waals surface area contributed by atoms with Gasteiger partial charge in [-0.3, -0.25) is 0 Å². The van der Waals surface area contributed by atoms with Gasteiger partial charge in [0.2, 0.25) is 0 Å². The van der Waals surface area contributed by atoms with Gasteiger partial charge in [-0.2, -0.15) is 0 Å². The van der Waals surface area contributed by atoms with Gasteiger partial charge in [-0.15, -0.1) is 0 Å². The van der Waals surface area contributed by atoms with Crippen LogP contribution in [-0.2, 0) is 0 Å². The van der Waals surface area contributed by atoms with Crippen LogP contribution in [0.1, 0.15) is 213 Å². The Morgan fingerprint density at radius 2 is 0.575 bits per heavy atom. The van der Waals surface area contributed by atoms with Gasteiger partial charge in [0, 0.05) is 25.5 Å². The number of hydrogen-bond donors (Lipinski definition) is 0. The van der Waals surface area contributed by atoms with E-state index in [1.807, 2.05) is 0 Å². The van der Waals surface area contributed by atoms with Gasteiger partial charge in [0.05, 0.1) is 0 Å². The second-order valence-electron chi connectivity index (χ2n) is 13.2. The molecule has 1 atom stereocenters. The number of unbranched alkanes of at least 4 members (excludes halogenated alkanes) is 26. The van der Waals surface area contributed by atoms with Gasteiger partial charge < -0.3 is 9.80 Å². The Labute approximate surface area is 254 Å². The van der Waals surface area contributed by atoms with Crippen molar-refractivity contribution < 1.29 is 0 Å². The van der Waals surface area contributed by atoms with E-state index in [0.29, 0.717) is 6.17 Å². The first-order valence-electron chi connectivity index (χ1n) is 19.0. The lowest BCUT2D eigenvalue weighted by atomic mass is 10.0. The molecule has 0 aromatic carbocycles. The maximum absolute atomic E-state index is 2.71. The molecule has 40 heavy (non-hydrogen) atoms. The predicted molar refractivity (Wildman–Crippen MR) is 182 cm³/mol. The first-order valence-corrected chi connectivity index (χ1v) is 19.0. The van der Waals surface area contributed by atoms with Crippen LogP contribution in [0.4, 0.5) is 0 Å². The molecule has 0 spiro atoms. The van der Waals surface area contributed by atoms with Crippen molar-refractivity contribution in [2.45, 2.75) is 220 Å². The summed E-state index contributed by atoms with van der Waals surface area (Å²) >= 11 is 0. The summed E-state index contributed by atoms with van der Waals surface area (Å²) in [5, 5.41) is 0. The zero-order valence-electron chi connectivity index (χ0n) is 28.3. The summed E-state index contributed by atoms with van der Waals surface area (Å²) < 4.78 is 0. The Hall–Kier alpha value is -0.660. The Morgan fingerprint density at radius 1 is 0.325 bits per heavy atom. The van der Waals surface area contributed by atoms with Gasteiger partial charge in [0.15, 0.2) is 0 Å². The third-order valence-corrected chi connectivity index (χ3v) is 9.32. The van der Waals surface area contributed by atoms with Gasteiger partial charge >= 0.3 is 0 Å². The average Bonchev–Trinajstić information content (AvgIpc) is 3.35. The van der Waals surface area contributed by atoms with E-state index in [1.54, 1.807) is 0 Å². The first kappa shape index (κ1) is 37.4. The minimum atomic E-state index is 0.641. The minimum Gasteiger partial charge on any atom is -0.356 e. The molecule has 1 unspecified atom stereocenters. The molecule has 0 radical (unpaired) electrons. The molecule has 0 bridgehead atoms. The van der Waals surface area contributed by atoms with E-state index in [4.69, 9.17) is 0 Å². The monoisotopic (exact) mass is 561 g/mol. The van der Waals surface area contributed by atoms with Crippen molar-refractivity contribution in [3.63, 3.8) is 0 Å². The number of nitrogens with zero attached hydrogens (tertiary/aromatic N) is 2. The maximum Gasteiger partial charge on any atom is 0.101 e. The zero-order chi connectivity index (χ0) is 28.8. The van der Waals surface area contributed by atoms with Crippen LogP contribution in [0.2, 0.25) is 0 Å². The summed E-state index contributed by atoms with van der Waals surface area (Å²) in [6.07, 6.45) is 48.4. The fraction of sp³-hybridized carbons (Fsp3) is 0.947. The zero-order valence-corrected chi connectivity index (χ0v) is 28.3. The van der Waals surface area contributed by atoms with Crippen molar-refractivity contribution in [3.05, 3.63) is 12.4 Å². The van der Waals surface area contributed by atoms with Crippen molar-refractivity contribution >= 4 is 0 Å². The molecule has 1 rings (SSSR count). The second kappa shape index (κ2) is 29.8. The molecule has 1 aliphatic rings. The molecule has 1 heterocycles. The maximum atomic E-state index is 2.71. The van der Waals surface area contributed by atoms with Crippen LogP contribution >= 0.6 is 0 Å². The molecule has 2 heteroatoms. The van der Waals surface area contributed by atoms with Crippen molar-refractivity contribution in [2.75, 3.05) is 13.1 Å². The molecule has 0 aliphatic carbocycles. The third-order valence-electron chi connectivity index (χ3n) is 9.32. The Kier molecular flexibility index (Phi) is 27.9. The Morgan fingerprint density at radius 3 is 0.875 bits per heavy atom. The minimum absolute atomic E-state index is 0.641. The standard InChI is InChI=1S/C38H76N2/c1-4-7-10-13-16-18-20-21-22-23-25-27-30-33-38-39(34-31-28-15-12-9-6-3)36-37-40(38)35-32-29-26-24-19-17-14-11-8-5-2/h36-38H,4-35H2,1-3H3. The number of rotatable bonds is 32. The molecule has 0 saturated carbocycles. The van der Waals surface area contributed by atoms with E-state index in [1.165, 1.54) is 206 Å². The van der Waals surface area contributed by atoms with E-state index in [-0.39, 0.29) is 0 Å². The Balaban J connectivity index is 2.20. The van der Waals surface area contributed by atoms with E-state index < -0.39 is 0 Å². The largest absolute Gasteiger partial charge is 0.356 e. The van der Waals surface area contributed by atoms with Crippen molar-refractivity contribution in [1.82, 2.24) is 9.80 Å². The SMILES string of the molecule is CCCCCCCCCCCCCCCC1N(CCCCCCCC)C=CN1CCCCCCCCCCCC. The quantitative estimate of drug-likeness (QED) is 0.0755. The lowest BCUT2D eigenvalue weighted by molar-refractivity contribution is 0.135. The van der Waals surface area contributed by atoms with Gasteiger partial charge in [-0.1, -0.05) is 188 Å². The molecule has 238 valence electrons. The summed E-state index contributed by atoms with van der Waals surface area (Å²) in [5.74, 6) is 0. The lowest BCUT2D eigenvalue weighted by Gasteiger charge is -2.33. The molecule has 2 nitrogen and oxygen atoms in total. The summed E-state index contributed by atoms with van der Waals surface area (Å²) in [4.78, 5) is 5.42. The first-order chi connectivity index (χ1) is 19.8. The van der Waals surface area contributed by atoms with Crippen LogP contribution in [-0.4, -0.2) is 29.1 Å². The van der Waals surface area contributed by atoms with Crippen LogP contribution in [0, 0.1) is 0 Å². The smallest absolute Gasteiger partial charge is 0.101 e. The fourth-order valence-electron chi connectivity index (χ4n) is 6.54. The molecule has 1 aliphatic heterocycles. The highest BCUT2D eigenvalue weighted by atomic mass is 15.4. The molecule has 0 aromatic heterocycles. The van der Waals surface area contributed by atoms with Gasteiger partial charge in [-0.05, 0) is 25.7 Å². The highest BCUT2D eigenvalue weighted by Gasteiger charge is 2.24. The molecule has 0 amide bonds. The molecular weight excluding hydrogens is 484 g/mol. The average molecular weight is 561 g/mol. The Bertz CT molecular complexity index is 516. The highest BCUT2D eigenvalue weighted by molar-refractivity contribution is 4.97. The van der Waals surface area contributed by atoms with Crippen LogP contribution in [0.25, 0.3) is 0 Å². The highest BCUT2D eigenvalue weighted by Crippen LogP contribution is 2.24. The second-order valence-corrected chi connectivity index (χ2v) is 13.2. The van der Waals surface area contributed by atoms with E-state index in [9.17, 15) is 0 Å². The van der Waals surface area contributed by atoms with Crippen molar-refractivity contribution in [3.8, 4) is 0 Å². The fourth-order valence-corrected chi connectivity index (χ4v) is 6.54. The van der Waals surface area contributed by atoms with Crippen molar-refractivity contribution in [1.29, 1.82) is 0 Å². The van der Waals surface area contributed by atoms with Gasteiger partial charge in [0.25, 0.3) is 0 Å². The van der Waals surface area contributed by atoms with E-state index in [0.717, 1.165) is 0 Å². The molecule has 0 N–H and O–H groups in total. The lowest BCUT2D eigenvalue weighted by Crippen LogP contribution is -2.39. The van der Waals surface area contributed by atoms with E-state index >= 15 is 0 Å². The summed E-state index contributed by atoms with van der Waals surface area (Å²) in [6, 6.07) is 0. The molecule has 0 aromatic rings. The van der Waals surface area contributed by atoms with Crippen molar-refractivity contribution in [2.24, 2.45) is 0 Å². The summed E-state index contributed by atoms with van der Waals surface area (Å²) in [6.45, 7) is 9.47. The van der Waals surface area contributed by atoms with Crippen LogP contribution in [0.5, 0.6) is 0 Å². The van der Waals surface area contributed by atoms with Crippen LogP contribution in [0.15, 0.2) is 12.4 Å². The van der Waals surface area contributed by atoms with Crippen LogP contribution in [0.3, 0.4) is 0 Å². The van der Waals surface area contributed by atoms with Gasteiger partial charge in [0.1, 0.15) is 6.17 Å². The van der Waals surface area contributed by atoms with Gasteiger partial charge in [-0.25, -0.2) is 0 Å². The molecule has 0 saturated heterocycles. The normalized spacial score (nSPS) is 15.1. The summed E-state index contributed by atoms with van der Waals surface area (Å²) in [5.41, 5.74) is 0. The molecular formula is C38H76N2. The summed E-state index contributed by atoms with van der Waals surface area (Å²) in [7, 11) is 0. The third kappa shape index (κ3) is 22.0.